The van der Waals surface area contributed by atoms with Gasteiger partial charge in [-0.25, -0.2) is 0 Å². The maximum atomic E-state index is 15.3. The van der Waals surface area contributed by atoms with Gasteiger partial charge in [0.1, 0.15) is 5.69 Å². The molecule has 5 rings (SSSR count). The third-order valence-electron chi connectivity index (χ3n) is 5.75. The van der Waals surface area contributed by atoms with Crippen LogP contribution in [-0.2, 0) is 32.1 Å². The van der Waals surface area contributed by atoms with Gasteiger partial charge in [0.2, 0.25) is 5.95 Å². The summed E-state index contributed by atoms with van der Waals surface area (Å²) in [6, 6.07) is 19.2. The van der Waals surface area contributed by atoms with Gasteiger partial charge in [0.05, 0.1) is 12.1 Å². The summed E-state index contributed by atoms with van der Waals surface area (Å²) in [6.07, 6.45) is 0. The van der Waals surface area contributed by atoms with Gasteiger partial charge in [-0.15, -0.1) is 0 Å². The maximum absolute atomic E-state index is 15.3. The fourth-order valence-electron chi connectivity index (χ4n) is 4.46. The first-order chi connectivity index (χ1) is 14.5. The summed E-state index contributed by atoms with van der Waals surface area (Å²) in [4.78, 5) is 20.6. The van der Waals surface area contributed by atoms with Crippen LogP contribution in [0.4, 0.5) is 14.7 Å². The highest BCUT2D eigenvalue weighted by atomic mass is 19.3. The molecule has 0 bridgehead atoms. The van der Waals surface area contributed by atoms with E-state index in [2.05, 4.69) is 4.98 Å². The molecule has 0 spiro atoms. The molecule has 3 heterocycles. The fourth-order valence-corrected chi connectivity index (χ4v) is 4.46. The SMILES string of the molecule is O=c1nc2n(c3c1CN(Cc1ccccc1)CC3(F)F)CCN2Cc1ccccc1. The highest BCUT2D eigenvalue weighted by molar-refractivity contribution is 5.42. The van der Waals surface area contributed by atoms with Crippen molar-refractivity contribution >= 4 is 5.95 Å². The third kappa shape index (κ3) is 3.39. The molecule has 0 saturated heterocycles. The minimum atomic E-state index is -3.11. The molecule has 0 saturated carbocycles. The molecule has 0 fully saturated rings. The number of benzene rings is 2. The van der Waals surface area contributed by atoms with Gasteiger partial charge in [-0.1, -0.05) is 60.7 Å². The van der Waals surface area contributed by atoms with E-state index in [-0.39, 0.29) is 17.8 Å². The van der Waals surface area contributed by atoms with Crippen molar-refractivity contribution in [3.63, 3.8) is 0 Å². The highest BCUT2D eigenvalue weighted by Crippen LogP contribution is 2.38. The molecular formula is C23H22F2N4O. The molecule has 5 nitrogen and oxygen atoms in total. The third-order valence-corrected chi connectivity index (χ3v) is 5.75. The van der Waals surface area contributed by atoms with E-state index in [9.17, 15) is 4.79 Å². The van der Waals surface area contributed by atoms with Gasteiger partial charge in [-0.3, -0.25) is 9.69 Å². The molecular weight excluding hydrogens is 386 g/mol. The van der Waals surface area contributed by atoms with E-state index in [1.165, 1.54) is 0 Å². The number of hydrogen-bond acceptors (Lipinski definition) is 4. The van der Waals surface area contributed by atoms with E-state index in [4.69, 9.17) is 0 Å². The zero-order valence-electron chi connectivity index (χ0n) is 16.5. The number of anilines is 1. The molecule has 0 aliphatic carbocycles. The molecule has 7 heteroatoms. The van der Waals surface area contributed by atoms with Crippen LogP contribution in [0.25, 0.3) is 0 Å². The van der Waals surface area contributed by atoms with Gasteiger partial charge in [0.25, 0.3) is 5.56 Å². The first-order valence-electron chi connectivity index (χ1n) is 10.1. The summed E-state index contributed by atoms with van der Waals surface area (Å²) in [5, 5.41) is 0. The number of halogens is 2. The quantitative estimate of drug-likeness (QED) is 0.664. The van der Waals surface area contributed by atoms with Crippen LogP contribution in [-0.4, -0.2) is 27.5 Å². The fraction of sp³-hybridized carbons (Fsp3) is 0.304. The van der Waals surface area contributed by atoms with Crippen molar-refractivity contribution in [2.45, 2.75) is 32.1 Å². The van der Waals surface area contributed by atoms with Crippen LogP contribution in [0.5, 0.6) is 0 Å². The Morgan fingerprint density at radius 2 is 1.53 bits per heavy atom. The highest BCUT2D eigenvalue weighted by Gasteiger charge is 2.46. The molecule has 30 heavy (non-hydrogen) atoms. The first kappa shape index (κ1) is 18.9. The number of nitrogens with zero attached hydrogens (tertiary/aromatic N) is 4. The lowest BCUT2D eigenvalue weighted by molar-refractivity contribution is -0.0621. The Morgan fingerprint density at radius 1 is 0.900 bits per heavy atom. The normalized spacial score (nSPS) is 17.6. The van der Waals surface area contributed by atoms with E-state index in [0.717, 1.165) is 11.1 Å². The van der Waals surface area contributed by atoms with Crippen molar-refractivity contribution in [2.24, 2.45) is 0 Å². The lowest BCUT2D eigenvalue weighted by Crippen LogP contribution is -2.45. The number of alkyl halides is 2. The molecule has 0 N–H and O–H groups in total. The van der Waals surface area contributed by atoms with E-state index in [1.807, 2.05) is 65.6 Å². The summed E-state index contributed by atoms with van der Waals surface area (Å²) in [5.41, 5.74) is 1.41. The Kier molecular flexibility index (Phi) is 4.62. The Balaban J connectivity index is 1.48. The van der Waals surface area contributed by atoms with Crippen LogP contribution in [0.1, 0.15) is 22.4 Å². The monoisotopic (exact) mass is 408 g/mol. The largest absolute Gasteiger partial charge is 0.336 e. The van der Waals surface area contributed by atoms with E-state index in [1.54, 1.807) is 9.47 Å². The Labute approximate surface area is 173 Å². The number of aromatic nitrogens is 2. The lowest BCUT2D eigenvalue weighted by Gasteiger charge is -2.35. The predicted molar refractivity (Wildman–Crippen MR) is 110 cm³/mol. The molecule has 0 atom stereocenters. The Hall–Kier alpha value is -3.06. The van der Waals surface area contributed by atoms with Gasteiger partial charge in [-0.05, 0) is 11.1 Å². The zero-order chi connectivity index (χ0) is 20.7. The van der Waals surface area contributed by atoms with Crippen LogP contribution in [0, 0.1) is 0 Å². The van der Waals surface area contributed by atoms with Crippen LogP contribution < -0.4 is 10.5 Å². The lowest BCUT2D eigenvalue weighted by atomic mass is 10.0. The summed E-state index contributed by atoms with van der Waals surface area (Å²) in [6.45, 7) is 1.66. The van der Waals surface area contributed by atoms with Crippen molar-refractivity contribution in [1.82, 2.24) is 14.5 Å². The van der Waals surface area contributed by atoms with Crippen molar-refractivity contribution < 1.29 is 8.78 Å². The van der Waals surface area contributed by atoms with Gasteiger partial charge in [0.15, 0.2) is 0 Å². The molecule has 2 aromatic carbocycles. The zero-order valence-corrected chi connectivity index (χ0v) is 16.5. The van der Waals surface area contributed by atoms with Crippen LogP contribution in [0.2, 0.25) is 0 Å². The average Bonchev–Trinajstić information content (AvgIpc) is 3.11. The van der Waals surface area contributed by atoms with E-state index in [0.29, 0.717) is 32.1 Å². The standard InChI is InChI=1S/C23H22F2N4O/c24-23(25)16-27(13-17-7-3-1-4-8-17)15-19-20(23)29-12-11-28(22(29)26-21(19)30)14-18-9-5-2-6-10-18/h1-10H,11-16H2. The van der Waals surface area contributed by atoms with Crippen LogP contribution in [0.15, 0.2) is 65.5 Å². The molecule has 3 aromatic rings. The molecule has 154 valence electrons. The summed E-state index contributed by atoms with van der Waals surface area (Å²) < 4.78 is 32.1. The van der Waals surface area contributed by atoms with Gasteiger partial charge in [0, 0.05) is 32.7 Å². The minimum Gasteiger partial charge on any atom is -0.336 e. The van der Waals surface area contributed by atoms with Crippen molar-refractivity contribution in [3.8, 4) is 0 Å². The molecule has 2 aliphatic rings. The smallest absolute Gasteiger partial charge is 0.300 e. The van der Waals surface area contributed by atoms with Gasteiger partial charge >= 0.3 is 5.92 Å². The van der Waals surface area contributed by atoms with Gasteiger partial charge in [-0.2, -0.15) is 13.8 Å². The number of rotatable bonds is 4. The molecule has 0 radical (unpaired) electrons. The predicted octanol–water partition coefficient (Wildman–Crippen LogP) is 3.37. The van der Waals surface area contributed by atoms with Crippen molar-refractivity contribution in [2.75, 3.05) is 18.0 Å². The maximum Gasteiger partial charge on any atom is 0.300 e. The first-order valence-corrected chi connectivity index (χ1v) is 10.1. The topological polar surface area (TPSA) is 41.4 Å². The number of fused-ring (bicyclic) bond motifs is 3. The minimum absolute atomic E-state index is 0.118. The second-order valence-corrected chi connectivity index (χ2v) is 7.94. The van der Waals surface area contributed by atoms with Gasteiger partial charge < -0.3 is 9.47 Å². The van der Waals surface area contributed by atoms with Crippen LogP contribution >= 0.6 is 0 Å². The summed E-state index contributed by atoms with van der Waals surface area (Å²) >= 11 is 0. The molecule has 1 aromatic heterocycles. The second kappa shape index (κ2) is 7.32. The summed E-state index contributed by atoms with van der Waals surface area (Å²) in [7, 11) is 0. The second-order valence-electron chi connectivity index (χ2n) is 7.94. The van der Waals surface area contributed by atoms with E-state index < -0.39 is 18.0 Å². The molecule has 0 unspecified atom stereocenters. The van der Waals surface area contributed by atoms with Crippen molar-refractivity contribution in [1.29, 1.82) is 0 Å². The van der Waals surface area contributed by atoms with E-state index >= 15 is 8.78 Å². The van der Waals surface area contributed by atoms with Crippen molar-refractivity contribution in [3.05, 3.63) is 93.4 Å². The summed E-state index contributed by atoms with van der Waals surface area (Å²) in [5.74, 6) is -2.76. The Morgan fingerprint density at radius 3 is 2.20 bits per heavy atom. The van der Waals surface area contributed by atoms with Crippen LogP contribution in [0.3, 0.4) is 0 Å². The molecule has 0 amide bonds. The molecule has 2 aliphatic heterocycles. The average molecular weight is 408 g/mol. The number of hydrogen-bond donors (Lipinski definition) is 0. The Bertz CT molecular complexity index is 1120.